The van der Waals surface area contributed by atoms with Crippen molar-refractivity contribution in [1.82, 2.24) is 10.2 Å². The van der Waals surface area contributed by atoms with Gasteiger partial charge in [-0.05, 0) is 18.6 Å². The highest BCUT2D eigenvalue weighted by Gasteiger charge is 2.45. The molecule has 3 heterocycles. The number of hydrogen-bond donors (Lipinski definition) is 2. The number of halogens is 1. The van der Waals surface area contributed by atoms with Gasteiger partial charge in [0, 0.05) is 32.0 Å². The molecule has 1 atom stereocenters. The molecule has 0 bridgehead atoms. The average Bonchev–Trinajstić information content (AvgIpc) is 2.78. The minimum atomic E-state index is -1.07. The third kappa shape index (κ3) is 2.38. The van der Waals surface area contributed by atoms with Crippen molar-refractivity contribution in [3.63, 3.8) is 0 Å². The van der Waals surface area contributed by atoms with Crippen molar-refractivity contribution in [3.8, 4) is 0 Å². The lowest BCUT2D eigenvalue weighted by atomic mass is 9.98. The second-order valence-electron chi connectivity index (χ2n) is 6.75. The third-order valence-electron chi connectivity index (χ3n) is 5.06. The molecular formula is C17H16FN3O5. The fourth-order valence-corrected chi connectivity index (χ4v) is 3.60. The minimum Gasteiger partial charge on any atom is -0.396 e. The van der Waals surface area contributed by atoms with Crippen molar-refractivity contribution in [2.24, 2.45) is 5.92 Å². The molecule has 1 aromatic carbocycles. The van der Waals surface area contributed by atoms with Gasteiger partial charge < -0.3 is 10.0 Å². The number of nitrogens with zero attached hydrogens (tertiary/aromatic N) is 2. The average molecular weight is 361 g/mol. The molecule has 0 radical (unpaired) electrons. The molecule has 2 N–H and O–H groups in total. The molecule has 8 nitrogen and oxygen atoms in total. The van der Waals surface area contributed by atoms with E-state index in [1.165, 1.54) is 6.07 Å². The summed E-state index contributed by atoms with van der Waals surface area (Å²) in [7, 11) is 0. The summed E-state index contributed by atoms with van der Waals surface area (Å²) in [6.45, 7) is 0.931. The lowest BCUT2D eigenvalue weighted by Crippen LogP contribution is -2.54. The summed E-state index contributed by atoms with van der Waals surface area (Å²) in [5.41, 5.74) is 0.156. The van der Waals surface area contributed by atoms with E-state index >= 15 is 0 Å². The smallest absolute Gasteiger partial charge is 0.262 e. The van der Waals surface area contributed by atoms with E-state index in [-0.39, 0.29) is 42.2 Å². The van der Waals surface area contributed by atoms with Crippen LogP contribution in [0.3, 0.4) is 0 Å². The first-order chi connectivity index (χ1) is 12.4. The summed E-state index contributed by atoms with van der Waals surface area (Å²) in [4.78, 5) is 51.1. The van der Waals surface area contributed by atoms with Crippen molar-refractivity contribution in [1.29, 1.82) is 0 Å². The van der Waals surface area contributed by atoms with E-state index in [0.717, 1.165) is 11.0 Å². The van der Waals surface area contributed by atoms with Gasteiger partial charge in [0.1, 0.15) is 11.9 Å². The number of rotatable bonds is 3. The van der Waals surface area contributed by atoms with Crippen LogP contribution in [-0.4, -0.2) is 59.4 Å². The van der Waals surface area contributed by atoms with E-state index in [0.29, 0.717) is 13.1 Å². The van der Waals surface area contributed by atoms with Gasteiger partial charge in [-0.25, -0.2) is 4.39 Å². The number of imide groups is 2. The molecule has 4 amide bonds. The predicted molar refractivity (Wildman–Crippen MR) is 85.9 cm³/mol. The Hall–Kier alpha value is -2.81. The lowest BCUT2D eigenvalue weighted by Gasteiger charge is -2.40. The van der Waals surface area contributed by atoms with E-state index in [4.69, 9.17) is 5.11 Å². The summed E-state index contributed by atoms with van der Waals surface area (Å²) >= 11 is 0. The second kappa shape index (κ2) is 5.87. The Balaban J connectivity index is 1.64. The van der Waals surface area contributed by atoms with Crippen LogP contribution in [0.2, 0.25) is 0 Å². The van der Waals surface area contributed by atoms with E-state index < -0.39 is 35.5 Å². The van der Waals surface area contributed by atoms with Gasteiger partial charge in [-0.3, -0.25) is 29.4 Å². The largest absolute Gasteiger partial charge is 0.396 e. The van der Waals surface area contributed by atoms with Gasteiger partial charge in [-0.1, -0.05) is 0 Å². The molecule has 136 valence electrons. The van der Waals surface area contributed by atoms with Crippen LogP contribution in [0.1, 0.15) is 33.6 Å². The predicted octanol–water partition coefficient (Wildman–Crippen LogP) is -0.345. The maximum atomic E-state index is 14.4. The molecule has 3 aliphatic rings. The van der Waals surface area contributed by atoms with Crippen molar-refractivity contribution < 1.29 is 28.7 Å². The summed E-state index contributed by atoms with van der Waals surface area (Å²) in [5, 5.41) is 11.2. The summed E-state index contributed by atoms with van der Waals surface area (Å²) in [6, 6.07) is 1.27. The highest BCUT2D eigenvalue weighted by atomic mass is 19.1. The maximum absolute atomic E-state index is 14.4. The second-order valence-corrected chi connectivity index (χ2v) is 6.75. The van der Waals surface area contributed by atoms with Crippen LogP contribution >= 0.6 is 0 Å². The molecule has 1 unspecified atom stereocenters. The number of hydrogen-bond acceptors (Lipinski definition) is 6. The zero-order chi connectivity index (χ0) is 18.6. The Kier molecular flexibility index (Phi) is 3.76. The SMILES string of the molecule is O=C1CCC(N2C(=O)c3cc(F)c(N4CC(CO)C4)cc3C2=O)C(=O)N1. The number of anilines is 1. The molecule has 4 rings (SSSR count). The fourth-order valence-electron chi connectivity index (χ4n) is 3.60. The highest BCUT2D eigenvalue weighted by Crippen LogP contribution is 2.34. The summed E-state index contributed by atoms with van der Waals surface area (Å²) in [6.07, 6.45) is 0.0789. The number of carbonyl (C=O) groups excluding carboxylic acids is 4. The molecule has 0 aromatic heterocycles. The summed E-state index contributed by atoms with van der Waals surface area (Å²) in [5.74, 6) is -3.13. The van der Waals surface area contributed by atoms with Gasteiger partial charge in [-0.15, -0.1) is 0 Å². The quantitative estimate of drug-likeness (QED) is 0.713. The Bertz CT molecular complexity index is 849. The maximum Gasteiger partial charge on any atom is 0.262 e. The number of carbonyl (C=O) groups is 4. The third-order valence-corrected chi connectivity index (χ3v) is 5.06. The van der Waals surface area contributed by atoms with Crippen LogP contribution in [0, 0.1) is 11.7 Å². The van der Waals surface area contributed by atoms with E-state index in [1.54, 1.807) is 4.90 Å². The van der Waals surface area contributed by atoms with E-state index in [2.05, 4.69) is 5.32 Å². The lowest BCUT2D eigenvalue weighted by molar-refractivity contribution is -0.136. The number of amides is 4. The van der Waals surface area contributed by atoms with Crippen LogP contribution in [0.15, 0.2) is 12.1 Å². The van der Waals surface area contributed by atoms with Crippen LogP contribution < -0.4 is 10.2 Å². The molecule has 0 saturated carbocycles. The van der Waals surface area contributed by atoms with Crippen LogP contribution in [0.25, 0.3) is 0 Å². The molecule has 26 heavy (non-hydrogen) atoms. The number of aliphatic hydroxyl groups is 1. The fraction of sp³-hybridized carbons (Fsp3) is 0.412. The van der Waals surface area contributed by atoms with E-state index in [1.807, 2.05) is 0 Å². The number of nitrogens with one attached hydrogen (secondary N) is 1. The first-order valence-electron chi connectivity index (χ1n) is 8.31. The molecular weight excluding hydrogens is 345 g/mol. The van der Waals surface area contributed by atoms with Crippen molar-refractivity contribution in [2.75, 3.05) is 24.6 Å². The Labute approximate surface area is 147 Å². The normalized spacial score (nSPS) is 23.2. The van der Waals surface area contributed by atoms with Crippen LogP contribution in [0.4, 0.5) is 10.1 Å². The van der Waals surface area contributed by atoms with E-state index in [9.17, 15) is 23.6 Å². The topological polar surface area (TPSA) is 107 Å². The minimum absolute atomic E-state index is 0.00374. The molecule has 0 spiro atoms. The molecule has 2 fully saturated rings. The summed E-state index contributed by atoms with van der Waals surface area (Å²) < 4.78 is 14.4. The van der Waals surface area contributed by atoms with Gasteiger partial charge >= 0.3 is 0 Å². The number of fused-ring (bicyclic) bond motifs is 1. The zero-order valence-electron chi connectivity index (χ0n) is 13.7. The van der Waals surface area contributed by atoms with Crippen molar-refractivity contribution >= 4 is 29.3 Å². The standard InChI is InChI=1S/C17H16FN3O5/c18-11-3-9-10(4-13(11)20-5-8(6-20)7-22)17(26)21(16(9)25)12-1-2-14(23)19-15(12)24/h3-4,8,12,22H,1-2,5-7H2,(H,19,23,24). The van der Waals surface area contributed by atoms with Gasteiger partial charge in [-0.2, -0.15) is 0 Å². The molecule has 9 heteroatoms. The molecule has 1 aromatic rings. The van der Waals surface area contributed by atoms with Gasteiger partial charge in [0.2, 0.25) is 11.8 Å². The molecule has 2 saturated heterocycles. The first-order valence-corrected chi connectivity index (χ1v) is 8.31. The monoisotopic (exact) mass is 361 g/mol. The number of aliphatic hydroxyl groups excluding tert-OH is 1. The Morgan fingerprint density at radius 1 is 1.12 bits per heavy atom. The van der Waals surface area contributed by atoms with Gasteiger partial charge in [0.15, 0.2) is 0 Å². The van der Waals surface area contributed by atoms with Gasteiger partial charge in [0.05, 0.1) is 16.8 Å². The first kappa shape index (κ1) is 16.6. The highest BCUT2D eigenvalue weighted by molar-refractivity contribution is 6.23. The Morgan fingerprint density at radius 3 is 2.38 bits per heavy atom. The number of piperidine rings is 1. The molecule has 0 aliphatic carbocycles. The van der Waals surface area contributed by atoms with Gasteiger partial charge in [0.25, 0.3) is 11.8 Å². The van der Waals surface area contributed by atoms with Crippen LogP contribution in [0.5, 0.6) is 0 Å². The van der Waals surface area contributed by atoms with Crippen molar-refractivity contribution in [3.05, 3.63) is 29.1 Å². The Morgan fingerprint density at radius 2 is 1.77 bits per heavy atom. The van der Waals surface area contributed by atoms with Crippen LogP contribution in [-0.2, 0) is 9.59 Å². The van der Waals surface area contributed by atoms with Crippen molar-refractivity contribution in [2.45, 2.75) is 18.9 Å². The zero-order valence-corrected chi connectivity index (χ0v) is 13.7. The molecule has 3 aliphatic heterocycles. The number of benzene rings is 1.